The van der Waals surface area contributed by atoms with Gasteiger partial charge in [-0.1, -0.05) is 29.8 Å². The molecule has 3 heteroatoms. The molecular weight excluding hydrogens is 234 g/mol. The van der Waals surface area contributed by atoms with Gasteiger partial charge in [0.05, 0.1) is 0 Å². The van der Waals surface area contributed by atoms with Crippen LogP contribution in [0.1, 0.15) is 20.3 Å². The molecule has 0 aromatic heterocycles. The molecule has 1 saturated heterocycles. The van der Waals surface area contributed by atoms with E-state index in [-0.39, 0.29) is 0 Å². The number of nitrogens with zero attached hydrogens (tertiary/aromatic N) is 1. The fourth-order valence-electron chi connectivity index (χ4n) is 1.75. The molecule has 0 saturated carbocycles. The lowest BCUT2D eigenvalue weighted by molar-refractivity contribution is 0.272. The van der Waals surface area contributed by atoms with Gasteiger partial charge >= 0.3 is 0 Å². The Hall–Kier alpha value is 0.790. The Balaban J connectivity index is 2.24. The molecule has 0 bridgehead atoms. The second-order valence-electron chi connectivity index (χ2n) is 3.56. The molecule has 0 N–H and O–H groups in total. The van der Waals surface area contributed by atoms with Crippen LogP contribution in [0.5, 0.6) is 0 Å². The number of alkyl halides is 1. The second kappa shape index (κ2) is 5.51. The molecule has 1 rings (SSSR count). The smallest absolute Gasteiger partial charge is 0.0149 e. The van der Waals surface area contributed by atoms with Crippen LogP contribution in [0.4, 0.5) is 0 Å². The van der Waals surface area contributed by atoms with E-state index in [4.69, 9.17) is 0 Å². The maximum Gasteiger partial charge on any atom is 0.0149 e. The molecular formula is C9H18BrNS. The summed E-state index contributed by atoms with van der Waals surface area (Å²) in [5.41, 5.74) is 0. The van der Waals surface area contributed by atoms with Crippen LogP contribution >= 0.6 is 27.7 Å². The molecule has 1 aliphatic heterocycles. The third-order valence-corrected chi connectivity index (χ3v) is 3.89. The topological polar surface area (TPSA) is 3.24 Å². The van der Waals surface area contributed by atoms with Crippen molar-refractivity contribution in [1.29, 1.82) is 0 Å². The molecule has 1 heterocycles. The molecule has 0 amide bonds. The summed E-state index contributed by atoms with van der Waals surface area (Å²) in [5.74, 6) is 0. The normalized spacial score (nSPS) is 32.2. The highest BCUT2D eigenvalue weighted by molar-refractivity contribution is 9.09. The molecule has 1 nitrogen and oxygen atoms in total. The monoisotopic (exact) mass is 251 g/mol. The van der Waals surface area contributed by atoms with Crippen molar-refractivity contribution in [1.82, 2.24) is 4.90 Å². The van der Waals surface area contributed by atoms with Crippen molar-refractivity contribution in [3.05, 3.63) is 0 Å². The number of hydrogen-bond donors (Lipinski definition) is 0. The zero-order valence-corrected chi connectivity index (χ0v) is 10.3. The molecule has 0 radical (unpaired) electrons. The van der Waals surface area contributed by atoms with Crippen LogP contribution in [0.25, 0.3) is 0 Å². The van der Waals surface area contributed by atoms with Gasteiger partial charge in [-0.15, -0.1) is 0 Å². The molecule has 0 aromatic carbocycles. The van der Waals surface area contributed by atoms with Gasteiger partial charge < -0.3 is 4.90 Å². The van der Waals surface area contributed by atoms with E-state index in [1.807, 2.05) is 0 Å². The molecule has 2 atom stereocenters. The van der Waals surface area contributed by atoms with E-state index in [0.717, 1.165) is 15.8 Å². The lowest BCUT2D eigenvalue weighted by Gasteiger charge is -2.34. The van der Waals surface area contributed by atoms with Gasteiger partial charge in [0.2, 0.25) is 0 Å². The van der Waals surface area contributed by atoms with Crippen LogP contribution in [0.3, 0.4) is 0 Å². The van der Waals surface area contributed by atoms with E-state index in [0.29, 0.717) is 0 Å². The van der Waals surface area contributed by atoms with Crippen LogP contribution in [0.15, 0.2) is 0 Å². The zero-order valence-electron chi connectivity index (χ0n) is 7.92. The molecule has 12 heavy (non-hydrogen) atoms. The Morgan fingerprint density at radius 1 is 1.33 bits per heavy atom. The highest BCUT2D eigenvalue weighted by Gasteiger charge is 2.21. The maximum atomic E-state index is 3.47. The first-order valence-electron chi connectivity index (χ1n) is 4.66. The summed E-state index contributed by atoms with van der Waals surface area (Å²) in [7, 11) is 0. The van der Waals surface area contributed by atoms with Crippen molar-refractivity contribution in [2.45, 2.75) is 30.8 Å². The summed E-state index contributed by atoms with van der Waals surface area (Å²) < 4.78 is 0. The highest BCUT2D eigenvalue weighted by Crippen LogP contribution is 2.24. The van der Waals surface area contributed by atoms with Crippen LogP contribution in [0.2, 0.25) is 0 Å². The van der Waals surface area contributed by atoms with Crippen molar-refractivity contribution < 1.29 is 0 Å². The van der Waals surface area contributed by atoms with Crippen molar-refractivity contribution in [3.8, 4) is 0 Å². The Labute approximate surface area is 88.4 Å². The van der Waals surface area contributed by atoms with Gasteiger partial charge in [-0.25, -0.2) is 0 Å². The average Bonchev–Trinajstić information content (AvgIpc) is 1.99. The number of hydrogen-bond acceptors (Lipinski definition) is 2. The molecule has 72 valence electrons. The summed E-state index contributed by atoms with van der Waals surface area (Å²) in [4.78, 5) is 2.59. The standard InChI is InChI=1S/C9H18BrNS/c1-8-6-11(5-3-4-10)7-9(2)12-8/h8-9H,3-7H2,1-2H3. The quantitative estimate of drug-likeness (QED) is 0.710. The van der Waals surface area contributed by atoms with E-state index in [1.54, 1.807) is 0 Å². The third-order valence-electron chi connectivity index (χ3n) is 2.10. The Kier molecular flexibility index (Phi) is 4.99. The first-order chi connectivity index (χ1) is 5.72. The summed E-state index contributed by atoms with van der Waals surface area (Å²) >= 11 is 5.60. The van der Waals surface area contributed by atoms with Gasteiger partial charge in [-0.3, -0.25) is 0 Å². The van der Waals surface area contributed by atoms with Gasteiger partial charge in [0.15, 0.2) is 0 Å². The fraction of sp³-hybridized carbons (Fsp3) is 1.00. The summed E-state index contributed by atoms with van der Waals surface area (Å²) in [6.07, 6.45) is 1.28. The predicted octanol–water partition coefficient (Wildman–Crippen LogP) is 2.60. The molecule has 1 aliphatic rings. The average molecular weight is 252 g/mol. The molecule has 1 fully saturated rings. The van der Waals surface area contributed by atoms with Crippen molar-refractivity contribution in [2.24, 2.45) is 0 Å². The summed E-state index contributed by atoms with van der Waals surface area (Å²) in [6.45, 7) is 8.49. The van der Waals surface area contributed by atoms with Crippen LogP contribution < -0.4 is 0 Å². The first kappa shape index (κ1) is 10.9. The Bertz CT molecular complexity index is 122. The minimum Gasteiger partial charge on any atom is -0.301 e. The van der Waals surface area contributed by atoms with Crippen LogP contribution in [-0.2, 0) is 0 Å². The van der Waals surface area contributed by atoms with Crippen molar-refractivity contribution in [2.75, 3.05) is 25.0 Å². The minimum absolute atomic E-state index is 0.823. The molecule has 0 spiro atoms. The van der Waals surface area contributed by atoms with Gasteiger partial charge in [0.1, 0.15) is 0 Å². The first-order valence-corrected chi connectivity index (χ1v) is 6.72. The van der Waals surface area contributed by atoms with Crippen LogP contribution in [-0.4, -0.2) is 40.4 Å². The van der Waals surface area contributed by atoms with Gasteiger partial charge in [0.25, 0.3) is 0 Å². The Morgan fingerprint density at radius 3 is 2.42 bits per heavy atom. The highest BCUT2D eigenvalue weighted by atomic mass is 79.9. The molecule has 0 aromatic rings. The van der Waals surface area contributed by atoms with E-state index in [9.17, 15) is 0 Å². The number of thioether (sulfide) groups is 1. The van der Waals surface area contributed by atoms with Gasteiger partial charge in [-0.2, -0.15) is 11.8 Å². The largest absolute Gasteiger partial charge is 0.301 e. The lowest BCUT2D eigenvalue weighted by Crippen LogP contribution is -2.40. The summed E-state index contributed by atoms with van der Waals surface area (Å²) in [6, 6.07) is 0. The van der Waals surface area contributed by atoms with E-state index < -0.39 is 0 Å². The summed E-state index contributed by atoms with van der Waals surface area (Å²) in [5, 5.41) is 2.78. The fourth-order valence-corrected chi connectivity index (χ4v) is 3.39. The Morgan fingerprint density at radius 2 is 1.92 bits per heavy atom. The van der Waals surface area contributed by atoms with E-state index >= 15 is 0 Å². The van der Waals surface area contributed by atoms with Gasteiger partial charge in [-0.05, 0) is 13.0 Å². The lowest BCUT2D eigenvalue weighted by atomic mass is 10.3. The molecule has 2 unspecified atom stereocenters. The van der Waals surface area contributed by atoms with E-state index in [1.165, 1.54) is 26.1 Å². The van der Waals surface area contributed by atoms with E-state index in [2.05, 4.69) is 46.4 Å². The predicted molar refractivity (Wildman–Crippen MR) is 61.4 cm³/mol. The zero-order chi connectivity index (χ0) is 8.97. The SMILES string of the molecule is CC1CN(CCCBr)CC(C)S1. The molecule has 0 aliphatic carbocycles. The number of halogens is 1. The minimum atomic E-state index is 0.823. The number of rotatable bonds is 3. The van der Waals surface area contributed by atoms with Crippen LogP contribution in [0, 0.1) is 0 Å². The second-order valence-corrected chi connectivity index (χ2v) is 6.23. The third kappa shape index (κ3) is 3.67. The van der Waals surface area contributed by atoms with Gasteiger partial charge in [0, 0.05) is 28.9 Å². The van der Waals surface area contributed by atoms with Crippen molar-refractivity contribution in [3.63, 3.8) is 0 Å². The maximum absolute atomic E-state index is 3.47. The van der Waals surface area contributed by atoms with Crippen molar-refractivity contribution >= 4 is 27.7 Å².